The second kappa shape index (κ2) is 10.5. The molecule has 0 radical (unpaired) electrons. The Morgan fingerprint density at radius 1 is 1.07 bits per heavy atom. The third-order valence-corrected chi connectivity index (χ3v) is 4.19. The van der Waals surface area contributed by atoms with Crippen molar-refractivity contribution in [1.29, 1.82) is 0 Å². The molecule has 0 bridgehead atoms. The Balaban J connectivity index is 0.00000364. The van der Waals surface area contributed by atoms with E-state index in [9.17, 15) is 31.1 Å². The fourth-order valence-electron chi connectivity index (χ4n) is 2.14. The first-order valence-electron chi connectivity index (χ1n) is 7.26. The summed E-state index contributed by atoms with van der Waals surface area (Å²) in [6, 6.07) is 6.84. The predicted molar refractivity (Wildman–Crippen MR) is 95.9 cm³/mol. The van der Waals surface area contributed by atoms with Gasteiger partial charge in [0.05, 0.1) is 18.8 Å². The molecule has 0 unspecified atom stereocenters. The predicted octanol–water partition coefficient (Wildman–Crippen LogP) is -0.835. The van der Waals surface area contributed by atoms with Gasteiger partial charge in [0.2, 0.25) is 0 Å². The summed E-state index contributed by atoms with van der Waals surface area (Å²) >= 11 is 0. The van der Waals surface area contributed by atoms with Crippen LogP contribution in [-0.4, -0.2) is 34.1 Å². The Morgan fingerprint density at radius 2 is 1.61 bits per heavy atom. The molecular formula is C16H18BF4NaO5S. The van der Waals surface area contributed by atoms with E-state index in [0.717, 1.165) is 18.2 Å². The van der Waals surface area contributed by atoms with Crippen molar-refractivity contribution in [1.82, 2.24) is 0 Å². The van der Waals surface area contributed by atoms with Crippen molar-refractivity contribution >= 4 is 18.5 Å². The van der Waals surface area contributed by atoms with Gasteiger partial charge >= 0.3 is 45.2 Å². The number of halogens is 4. The third kappa shape index (κ3) is 6.12. The van der Waals surface area contributed by atoms with Gasteiger partial charge in [0.15, 0.2) is 5.75 Å². The van der Waals surface area contributed by atoms with Gasteiger partial charge in [-0.1, -0.05) is 20.5 Å². The molecule has 2 aromatic rings. The van der Waals surface area contributed by atoms with Crippen molar-refractivity contribution in [2.24, 2.45) is 0 Å². The van der Waals surface area contributed by atoms with Crippen LogP contribution in [0, 0.1) is 5.82 Å². The van der Waals surface area contributed by atoms with E-state index < -0.39 is 33.8 Å². The van der Waals surface area contributed by atoms with Gasteiger partial charge in [0.1, 0.15) is 11.6 Å². The van der Waals surface area contributed by atoms with E-state index in [1.807, 2.05) is 0 Å². The average molecular weight is 432 g/mol. The maximum atomic E-state index is 13.2. The molecule has 0 aliphatic heterocycles. The van der Waals surface area contributed by atoms with E-state index >= 15 is 0 Å². The minimum absolute atomic E-state index is 0. The molecule has 0 spiro atoms. The zero-order valence-electron chi connectivity index (χ0n) is 14.4. The maximum Gasteiger partial charge on any atom is 1.00 e. The molecule has 0 saturated carbocycles. The molecule has 0 saturated heterocycles. The largest absolute Gasteiger partial charge is 1.00 e. The number of ether oxygens (including phenoxy) is 1. The second-order valence-electron chi connectivity index (χ2n) is 5.05. The van der Waals surface area contributed by atoms with Crippen LogP contribution in [0.15, 0.2) is 36.4 Å². The summed E-state index contributed by atoms with van der Waals surface area (Å²) in [6.07, 6.45) is 0. The molecular weight excluding hydrogens is 414 g/mol. The Bertz CT molecular complexity index is 889. The summed E-state index contributed by atoms with van der Waals surface area (Å²) in [5, 5.41) is 9.28. The van der Waals surface area contributed by atoms with E-state index in [0.29, 0.717) is 0 Å². The third-order valence-electron chi connectivity index (χ3n) is 3.22. The van der Waals surface area contributed by atoms with Gasteiger partial charge in [-0.3, -0.25) is 0 Å². The van der Waals surface area contributed by atoms with Crippen LogP contribution in [0.4, 0.5) is 17.6 Å². The zero-order chi connectivity index (χ0) is 19.5. The van der Waals surface area contributed by atoms with Gasteiger partial charge in [-0.05, 0) is 42.3 Å². The first-order valence-corrected chi connectivity index (χ1v) is 8.67. The fraction of sp³-hybridized carbons (Fsp3) is 0.250. The number of rotatable bonds is 6. The van der Waals surface area contributed by atoms with E-state index in [4.69, 9.17) is 4.74 Å². The van der Waals surface area contributed by atoms with Gasteiger partial charge in [-0.2, -0.15) is 21.6 Å². The fourth-order valence-corrected chi connectivity index (χ4v) is 2.60. The molecule has 150 valence electrons. The SMILES string of the molecule is CCOc1cc(CO)cc(OS(=O)(=O)C(F)(F)F)c1-c1ccc(F)cc1.[BH4-].[Na+]. The van der Waals surface area contributed by atoms with Crippen LogP contribution in [0.5, 0.6) is 11.5 Å². The summed E-state index contributed by atoms with van der Waals surface area (Å²) in [5.41, 5.74) is -5.51. The van der Waals surface area contributed by atoms with Crippen molar-refractivity contribution in [2.75, 3.05) is 6.61 Å². The molecule has 0 atom stereocenters. The van der Waals surface area contributed by atoms with Crippen LogP contribution >= 0.6 is 0 Å². The molecule has 0 fully saturated rings. The number of hydrogen-bond donors (Lipinski definition) is 1. The van der Waals surface area contributed by atoms with Crippen LogP contribution in [0.1, 0.15) is 12.5 Å². The first-order chi connectivity index (χ1) is 12.1. The van der Waals surface area contributed by atoms with Crippen LogP contribution in [0.2, 0.25) is 0 Å². The van der Waals surface area contributed by atoms with Crippen LogP contribution < -0.4 is 38.5 Å². The summed E-state index contributed by atoms with van der Waals surface area (Å²) < 4.78 is 83.7. The van der Waals surface area contributed by atoms with Crippen molar-refractivity contribution in [2.45, 2.75) is 19.0 Å². The monoisotopic (exact) mass is 432 g/mol. The molecule has 12 heteroatoms. The van der Waals surface area contributed by atoms with Crippen LogP contribution in [-0.2, 0) is 16.7 Å². The molecule has 0 aromatic heterocycles. The molecule has 2 aromatic carbocycles. The quantitative estimate of drug-likeness (QED) is 0.279. The number of hydrogen-bond acceptors (Lipinski definition) is 5. The first kappa shape index (κ1) is 26.7. The normalized spacial score (nSPS) is 11.2. The summed E-state index contributed by atoms with van der Waals surface area (Å²) in [7, 11) is -5.96. The molecule has 0 aliphatic rings. The van der Waals surface area contributed by atoms with Crippen molar-refractivity contribution in [3.05, 3.63) is 47.8 Å². The van der Waals surface area contributed by atoms with Gasteiger partial charge < -0.3 is 14.0 Å². The van der Waals surface area contributed by atoms with Gasteiger partial charge in [0.25, 0.3) is 0 Å². The Morgan fingerprint density at radius 3 is 2.07 bits per heavy atom. The van der Waals surface area contributed by atoms with E-state index in [2.05, 4.69) is 4.18 Å². The average Bonchev–Trinajstić information content (AvgIpc) is 2.54. The van der Waals surface area contributed by atoms with Crippen LogP contribution in [0.25, 0.3) is 11.1 Å². The van der Waals surface area contributed by atoms with Crippen molar-refractivity contribution in [3.63, 3.8) is 0 Å². The molecule has 0 heterocycles. The number of aliphatic hydroxyl groups is 1. The molecule has 1 N–H and O–H groups in total. The van der Waals surface area contributed by atoms with E-state index in [1.165, 1.54) is 18.2 Å². The number of benzene rings is 2. The minimum Gasteiger partial charge on any atom is -0.493 e. The Kier molecular flexibility index (Phi) is 10.0. The molecule has 0 aliphatic carbocycles. The second-order valence-corrected chi connectivity index (χ2v) is 6.59. The summed E-state index contributed by atoms with van der Waals surface area (Å²) in [4.78, 5) is 0. The number of aliphatic hydroxyl groups excluding tert-OH is 1. The molecule has 0 amide bonds. The van der Waals surface area contributed by atoms with Crippen molar-refractivity contribution < 1.29 is 69.6 Å². The maximum absolute atomic E-state index is 13.2. The molecule has 5 nitrogen and oxygen atoms in total. The smallest absolute Gasteiger partial charge is 0.493 e. The van der Waals surface area contributed by atoms with E-state index in [-0.39, 0.29) is 67.0 Å². The minimum atomic E-state index is -5.96. The van der Waals surface area contributed by atoms with Gasteiger partial charge in [-0.25, -0.2) is 4.39 Å². The van der Waals surface area contributed by atoms with E-state index in [1.54, 1.807) is 6.92 Å². The summed E-state index contributed by atoms with van der Waals surface area (Å²) in [6.45, 7) is 1.12. The van der Waals surface area contributed by atoms with Gasteiger partial charge in [-0.15, -0.1) is 0 Å². The zero-order valence-corrected chi connectivity index (χ0v) is 17.2. The van der Waals surface area contributed by atoms with Gasteiger partial charge in [0, 0.05) is 0 Å². The number of alkyl halides is 3. The van der Waals surface area contributed by atoms with Crippen LogP contribution in [0.3, 0.4) is 0 Å². The Labute approximate surface area is 183 Å². The Hall–Kier alpha value is -1.27. The molecule has 2 rings (SSSR count). The standard InChI is InChI=1S/C16H14F4O5S.BH4.Na/c1-2-24-13-7-10(9-21)8-14(25-26(22,23)16(18,19)20)15(13)11-3-5-12(17)6-4-11;;/h3-8,21H,2,9H2,1H3;1H4;/q;-1;+1. The van der Waals surface area contributed by atoms with Crippen molar-refractivity contribution in [3.8, 4) is 22.6 Å². The summed E-state index contributed by atoms with van der Waals surface area (Å²) in [5.74, 6) is -1.30. The molecule has 28 heavy (non-hydrogen) atoms. The topological polar surface area (TPSA) is 72.8 Å².